The van der Waals surface area contributed by atoms with Crippen LogP contribution in [-0.2, 0) is 6.54 Å². The second-order valence-electron chi connectivity index (χ2n) is 6.34. The van der Waals surface area contributed by atoms with Gasteiger partial charge < -0.3 is 15.4 Å². The number of nitrogens with two attached hydrogens (primary N) is 1. The Morgan fingerprint density at radius 2 is 1.75 bits per heavy atom. The molecule has 0 unspecified atom stereocenters. The van der Waals surface area contributed by atoms with Gasteiger partial charge in [0, 0.05) is 18.7 Å². The van der Waals surface area contributed by atoms with Gasteiger partial charge in [-0.1, -0.05) is 48.5 Å². The summed E-state index contributed by atoms with van der Waals surface area (Å²) in [4.78, 5) is 6.56. The summed E-state index contributed by atoms with van der Waals surface area (Å²) in [7, 11) is 1.60. The molecule has 6 nitrogen and oxygen atoms in total. The zero-order chi connectivity index (χ0) is 19.3. The van der Waals surface area contributed by atoms with Crippen LogP contribution in [0.15, 0.2) is 78.9 Å². The van der Waals surface area contributed by atoms with Crippen molar-refractivity contribution >= 4 is 17.2 Å². The second-order valence-corrected chi connectivity index (χ2v) is 6.34. The number of ether oxygens (including phenoxy) is 1. The third-order valence-electron chi connectivity index (χ3n) is 4.46. The minimum atomic E-state index is 0.557. The molecule has 2 heterocycles. The largest absolute Gasteiger partial charge is 0.481 e. The van der Waals surface area contributed by atoms with E-state index in [4.69, 9.17) is 10.5 Å². The highest BCUT2D eigenvalue weighted by Crippen LogP contribution is 2.32. The van der Waals surface area contributed by atoms with Crippen LogP contribution in [0, 0.1) is 0 Å². The van der Waals surface area contributed by atoms with Gasteiger partial charge in [-0.25, -0.2) is 4.98 Å². The number of nitrogens with one attached hydrogen (secondary N) is 1. The van der Waals surface area contributed by atoms with Crippen molar-refractivity contribution in [3.8, 4) is 17.3 Å². The summed E-state index contributed by atoms with van der Waals surface area (Å²) in [5.74, 6) is 1.32. The minimum absolute atomic E-state index is 0.557. The van der Waals surface area contributed by atoms with Crippen LogP contribution < -0.4 is 15.4 Å². The quantitative estimate of drug-likeness (QED) is 0.491. The van der Waals surface area contributed by atoms with E-state index in [9.17, 15) is 0 Å². The molecule has 6 heteroatoms. The summed E-state index contributed by atoms with van der Waals surface area (Å²) in [6.07, 6.45) is 0. The molecule has 0 atom stereocenters. The van der Waals surface area contributed by atoms with Gasteiger partial charge in [-0.3, -0.25) is 5.10 Å². The summed E-state index contributed by atoms with van der Waals surface area (Å²) in [5, 5.41) is 7.60. The number of rotatable bonds is 6. The van der Waals surface area contributed by atoms with Crippen LogP contribution >= 0.6 is 0 Å². The van der Waals surface area contributed by atoms with Crippen LogP contribution in [0.3, 0.4) is 0 Å². The van der Waals surface area contributed by atoms with Gasteiger partial charge in [-0.05, 0) is 23.8 Å². The number of nitrogens with zero attached hydrogens (tertiary/aromatic N) is 3. The van der Waals surface area contributed by atoms with Gasteiger partial charge in [0.2, 0.25) is 5.88 Å². The lowest BCUT2D eigenvalue weighted by atomic mass is 10.1. The van der Waals surface area contributed by atoms with Crippen LogP contribution in [-0.4, -0.2) is 22.3 Å². The molecule has 0 aliphatic heterocycles. The van der Waals surface area contributed by atoms with E-state index >= 15 is 0 Å². The molecule has 0 aliphatic rings. The maximum atomic E-state index is 6.26. The van der Waals surface area contributed by atoms with Crippen LogP contribution in [0.25, 0.3) is 11.4 Å². The monoisotopic (exact) mass is 371 g/mol. The highest BCUT2D eigenvalue weighted by atomic mass is 16.5. The van der Waals surface area contributed by atoms with Gasteiger partial charge in [-0.15, -0.1) is 0 Å². The average molecular weight is 371 g/mol. The molecule has 0 amide bonds. The number of hydrogen-bond acceptors (Lipinski definition) is 5. The van der Waals surface area contributed by atoms with E-state index in [0.29, 0.717) is 18.1 Å². The van der Waals surface area contributed by atoms with E-state index in [-0.39, 0.29) is 0 Å². The number of H-pyrrole nitrogens is 1. The fourth-order valence-electron chi connectivity index (χ4n) is 3.05. The first-order valence-electron chi connectivity index (χ1n) is 8.97. The first kappa shape index (κ1) is 17.6. The lowest BCUT2D eigenvalue weighted by Crippen LogP contribution is -2.18. The molecule has 4 aromatic rings. The fourth-order valence-corrected chi connectivity index (χ4v) is 3.05. The predicted molar refractivity (Wildman–Crippen MR) is 112 cm³/mol. The van der Waals surface area contributed by atoms with Crippen molar-refractivity contribution in [3.05, 3.63) is 84.4 Å². The topological polar surface area (TPSA) is 80.1 Å². The molecule has 0 bridgehead atoms. The number of aromatic nitrogens is 3. The Kier molecular flexibility index (Phi) is 4.93. The molecular weight excluding hydrogens is 350 g/mol. The van der Waals surface area contributed by atoms with Crippen molar-refractivity contribution in [1.29, 1.82) is 0 Å². The van der Waals surface area contributed by atoms with Crippen molar-refractivity contribution in [1.82, 2.24) is 15.2 Å². The summed E-state index contributed by atoms with van der Waals surface area (Å²) in [6.45, 7) is 0.644. The second kappa shape index (κ2) is 7.84. The number of aromatic amines is 1. The fraction of sp³-hybridized carbons (Fsp3) is 0.0909. The molecule has 0 saturated carbocycles. The molecule has 3 N–H and O–H groups in total. The summed E-state index contributed by atoms with van der Waals surface area (Å²) >= 11 is 0. The van der Waals surface area contributed by atoms with Crippen molar-refractivity contribution in [2.75, 3.05) is 17.7 Å². The SMILES string of the molecule is COc1cccc(-c2cc(N(Cc3ccccc3)c3ccccc3N)n[nH]2)n1. The Balaban J connectivity index is 1.73. The van der Waals surface area contributed by atoms with Gasteiger partial charge in [0.1, 0.15) is 0 Å². The highest BCUT2D eigenvalue weighted by molar-refractivity contribution is 5.75. The molecule has 0 aliphatic carbocycles. The summed E-state index contributed by atoms with van der Waals surface area (Å²) in [5.41, 5.74) is 10.6. The molecule has 0 fully saturated rings. The predicted octanol–water partition coefficient (Wildman–Crippen LogP) is 4.40. The van der Waals surface area contributed by atoms with E-state index in [2.05, 4.69) is 32.2 Å². The summed E-state index contributed by atoms with van der Waals surface area (Å²) < 4.78 is 5.22. The molecule has 0 spiro atoms. The van der Waals surface area contributed by atoms with Gasteiger partial charge in [0.15, 0.2) is 5.82 Å². The molecular formula is C22H21N5O. The Hall–Kier alpha value is -3.80. The van der Waals surface area contributed by atoms with E-state index < -0.39 is 0 Å². The summed E-state index contributed by atoms with van der Waals surface area (Å²) in [6, 6.07) is 25.6. The van der Waals surface area contributed by atoms with Crippen LogP contribution in [0.5, 0.6) is 5.88 Å². The third-order valence-corrected chi connectivity index (χ3v) is 4.46. The maximum Gasteiger partial charge on any atom is 0.213 e. The standard InChI is InChI=1S/C22H21N5O/c1-28-22-13-7-11-18(24-22)19-14-21(26-25-19)27(15-16-8-3-2-4-9-16)20-12-6-5-10-17(20)23/h2-14H,15,23H2,1H3,(H,25,26). The number of pyridine rings is 1. The number of nitrogen functional groups attached to an aromatic ring is 1. The molecule has 140 valence electrons. The molecule has 4 rings (SSSR count). The molecule has 2 aromatic heterocycles. The molecule has 0 radical (unpaired) electrons. The maximum absolute atomic E-state index is 6.26. The van der Waals surface area contributed by atoms with Crippen LogP contribution in [0.4, 0.5) is 17.2 Å². The van der Waals surface area contributed by atoms with Crippen LogP contribution in [0.1, 0.15) is 5.56 Å². The minimum Gasteiger partial charge on any atom is -0.481 e. The zero-order valence-electron chi connectivity index (χ0n) is 15.5. The number of benzene rings is 2. The molecule has 28 heavy (non-hydrogen) atoms. The van der Waals surface area contributed by atoms with E-state index in [1.165, 1.54) is 0 Å². The Labute approximate surface area is 163 Å². The Bertz CT molecular complexity index is 1060. The lowest BCUT2D eigenvalue weighted by Gasteiger charge is -2.24. The first-order chi connectivity index (χ1) is 13.7. The lowest BCUT2D eigenvalue weighted by molar-refractivity contribution is 0.398. The van der Waals surface area contributed by atoms with Gasteiger partial charge in [-0.2, -0.15) is 5.10 Å². The average Bonchev–Trinajstić information content (AvgIpc) is 3.23. The smallest absolute Gasteiger partial charge is 0.213 e. The van der Waals surface area contributed by atoms with Crippen molar-refractivity contribution in [2.24, 2.45) is 0 Å². The van der Waals surface area contributed by atoms with Crippen molar-refractivity contribution in [2.45, 2.75) is 6.54 Å². The van der Waals surface area contributed by atoms with Gasteiger partial charge in [0.05, 0.1) is 29.9 Å². The van der Waals surface area contributed by atoms with Crippen LogP contribution in [0.2, 0.25) is 0 Å². The Morgan fingerprint density at radius 3 is 2.54 bits per heavy atom. The number of methoxy groups -OCH3 is 1. The molecule has 2 aromatic carbocycles. The van der Waals surface area contributed by atoms with Gasteiger partial charge in [0.25, 0.3) is 0 Å². The normalized spacial score (nSPS) is 10.6. The number of para-hydroxylation sites is 2. The van der Waals surface area contributed by atoms with Gasteiger partial charge >= 0.3 is 0 Å². The Morgan fingerprint density at radius 1 is 0.964 bits per heavy atom. The molecule has 0 saturated heterocycles. The van der Waals surface area contributed by atoms with E-state index in [1.54, 1.807) is 7.11 Å². The third kappa shape index (κ3) is 3.66. The number of anilines is 3. The van der Waals surface area contributed by atoms with E-state index in [1.807, 2.05) is 66.7 Å². The highest BCUT2D eigenvalue weighted by Gasteiger charge is 2.17. The van der Waals surface area contributed by atoms with E-state index in [0.717, 1.165) is 28.5 Å². The van der Waals surface area contributed by atoms with Crippen molar-refractivity contribution in [3.63, 3.8) is 0 Å². The number of hydrogen-bond donors (Lipinski definition) is 2. The first-order valence-corrected chi connectivity index (χ1v) is 8.97. The van der Waals surface area contributed by atoms with Crippen molar-refractivity contribution < 1.29 is 4.74 Å². The zero-order valence-corrected chi connectivity index (χ0v) is 15.5.